The molecule has 0 spiro atoms. The minimum absolute atomic E-state index is 0.0735. The van der Waals surface area contributed by atoms with Crippen molar-refractivity contribution in [3.63, 3.8) is 0 Å². The molecule has 2 amide bonds. The first kappa shape index (κ1) is 24.0. The summed E-state index contributed by atoms with van der Waals surface area (Å²) in [5.41, 5.74) is 4.74. The molecule has 1 unspecified atom stereocenters. The van der Waals surface area contributed by atoms with Gasteiger partial charge in [-0.05, 0) is 67.1 Å². The molecule has 8 heteroatoms. The third kappa shape index (κ3) is 5.07. The zero-order valence-electron chi connectivity index (χ0n) is 21.2. The summed E-state index contributed by atoms with van der Waals surface area (Å²) in [5.74, 6) is 1.64. The third-order valence-electron chi connectivity index (χ3n) is 7.06. The topological polar surface area (TPSA) is 97.8 Å². The highest BCUT2D eigenvalue weighted by molar-refractivity contribution is 5.91. The molecule has 8 nitrogen and oxygen atoms in total. The fraction of sp³-hybridized carbons (Fsp3) is 0.300. The van der Waals surface area contributed by atoms with E-state index in [9.17, 15) is 9.59 Å². The Kier molecular flexibility index (Phi) is 6.45. The molecule has 2 aromatic heterocycles. The van der Waals surface area contributed by atoms with Crippen LogP contribution in [0.4, 0.5) is 0 Å². The maximum Gasteiger partial charge on any atom is 0.273 e. The van der Waals surface area contributed by atoms with Crippen LogP contribution in [-0.2, 0) is 24.4 Å². The molecular weight excluding hydrogens is 482 g/mol. The lowest BCUT2D eigenvalue weighted by atomic mass is 9.87. The van der Waals surface area contributed by atoms with Gasteiger partial charge in [-0.2, -0.15) is 0 Å². The van der Waals surface area contributed by atoms with Crippen molar-refractivity contribution >= 4 is 11.8 Å². The Balaban J connectivity index is 1.18. The average molecular weight is 512 g/mol. The van der Waals surface area contributed by atoms with Gasteiger partial charge < -0.3 is 23.8 Å². The number of aromatic nitrogens is 1. The van der Waals surface area contributed by atoms with E-state index in [0.29, 0.717) is 23.9 Å². The SMILES string of the molecule is Cc1cccc(C2c3cc(OCc4nc(C(=O)NCc5ccco5)co4)ccc3CCN2C(=O)C2CC2)c1. The van der Waals surface area contributed by atoms with E-state index < -0.39 is 0 Å². The number of furan rings is 1. The van der Waals surface area contributed by atoms with E-state index >= 15 is 0 Å². The minimum Gasteiger partial charge on any atom is -0.484 e. The van der Waals surface area contributed by atoms with Gasteiger partial charge in [-0.3, -0.25) is 9.59 Å². The monoisotopic (exact) mass is 511 g/mol. The zero-order valence-corrected chi connectivity index (χ0v) is 21.2. The van der Waals surface area contributed by atoms with Crippen molar-refractivity contribution < 1.29 is 23.2 Å². The largest absolute Gasteiger partial charge is 0.484 e. The van der Waals surface area contributed by atoms with Crippen molar-refractivity contribution in [1.29, 1.82) is 0 Å². The van der Waals surface area contributed by atoms with Gasteiger partial charge in [0.1, 0.15) is 17.8 Å². The van der Waals surface area contributed by atoms with Gasteiger partial charge in [0.25, 0.3) is 5.91 Å². The second-order valence-corrected chi connectivity index (χ2v) is 9.91. The summed E-state index contributed by atoms with van der Waals surface area (Å²) in [7, 11) is 0. The van der Waals surface area contributed by atoms with Gasteiger partial charge in [0.05, 0.1) is 18.8 Å². The minimum atomic E-state index is -0.355. The summed E-state index contributed by atoms with van der Waals surface area (Å²) in [4.78, 5) is 31.9. The Morgan fingerprint density at radius 3 is 2.79 bits per heavy atom. The first-order valence-electron chi connectivity index (χ1n) is 12.9. The van der Waals surface area contributed by atoms with Gasteiger partial charge in [0.2, 0.25) is 11.8 Å². The fourth-order valence-electron chi connectivity index (χ4n) is 4.98. The van der Waals surface area contributed by atoms with Crippen LogP contribution in [-0.4, -0.2) is 28.2 Å². The number of oxazole rings is 1. The molecular formula is C30H29N3O5. The van der Waals surface area contributed by atoms with Gasteiger partial charge in [-0.1, -0.05) is 35.9 Å². The number of ether oxygens (including phenoxy) is 1. The molecule has 0 saturated heterocycles. The normalized spacial score (nSPS) is 16.7. The molecule has 0 radical (unpaired) electrons. The average Bonchev–Trinajstić information content (AvgIpc) is 3.44. The van der Waals surface area contributed by atoms with Gasteiger partial charge >= 0.3 is 0 Å². The number of carbonyl (C=O) groups is 2. The number of aryl methyl sites for hydroxylation is 1. The summed E-state index contributed by atoms with van der Waals surface area (Å²) in [6, 6.07) is 17.8. The first-order chi connectivity index (χ1) is 18.5. The van der Waals surface area contributed by atoms with E-state index in [2.05, 4.69) is 41.5 Å². The highest BCUT2D eigenvalue weighted by Gasteiger charge is 2.39. The molecule has 4 aromatic rings. The van der Waals surface area contributed by atoms with Gasteiger partial charge in [0.15, 0.2) is 12.3 Å². The summed E-state index contributed by atoms with van der Waals surface area (Å²) in [6.45, 7) is 3.12. The molecule has 38 heavy (non-hydrogen) atoms. The van der Waals surface area contributed by atoms with Gasteiger partial charge in [0, 0.05) is 12.5 Å². The van der Waals surface area contributed by atoms with Crippen LogP contribution in [0.15, 0.2) is 76.0 Å². The number of rotatable bonds is 8. The summed E-state index contributed by atoms with van der Waals surface area (Å²) in [5, 5.41) is 2.74. The predicted molar refractivity (Wildman–Crippen MR) is 138 cm³/mol. The molecule has 1 aliphatic heterocycles. The number of hydrogen-bond acceptors (Lipinski definition) is 6. The molecule has 194 valence electrons. The lowest BCUT2D eigenvalue weighted by Crippen LogP contribution is -2.41. The Morgan fingerprint density at radius 1 is 1.11 bits per heavy atom. The molecule has 2 aliphatic rings. The number of amides is 2. The number of fused-ring (bicyclic) bond motifs is 1. The highest BCUT2D eigenvalue weighted by atomic mass is 16.5. The zero-order chi connectivity index (χ0) is 26.1. The summed E-state index contributed by atoms with van der Waals surface area (Å²) < 4.78 is 16.7. The van der Waals surface area contributed by atoms with E-state index in [1.165, 1.54) is 11.8 Å². The standard InChI is InChI=1S/C30H29N3O5/c1-19-4-2-5-22(14-19)28-25-15-23(10-9-20(25)11-12-33(28)30(35)21-7-8-21)37-18-27-32-26(17-38-27)29(34)31-16-24-6-3-13-36-24/h2-6,9-10,13-15,17,21,28H,7-8,11-12,16,18H2,1H3,(H,31,34). The number of nitrogens with one attached hydrogen (secondary N) is 1. The second kappa shape index (κ2) is 10.2. The first-order valence-corrected chi connectivity index (χ1v) is 12.9. The Morgan fingerprint density at radius 2 is 2.00 bits per heavy atom. The van der Waals surface area contributed by atoms with Crippen molar-refractivity contribution in [2.75, 3.05) is 6.54 Å². The van der Waals surface area contributed by atoms with Crippen LogP contribution in [0.3, 0.4) is 0 Å². The van der Waals surface area contributed by atoms with Crippen molar-refractivity contribution in [2.24, 2.45) is 5.92 Å². The molecule has 1 fully saturated rings. The number of nitrogens with zero attached hydrogens (tertiary/aromatic N) is 2. The number of hydrogen-bond donors (Lipinski definition) is 1. The van der Waals surface area contributed by atoms with E-state index in [-0.39, 0.29) is 42.6 Å². The molecule has 2 aromatic carbocycles. The molecule has 3 heterocycles. The van der Waals surface area contributed by atoms with Crippen LogP contribution >= 0.6 is 0 Å². The number of benzene rings is 2. The van der Waals surface area contributed by atoms with Crippen LogP contribution in [0.1, 0.15) is 63.3 Å². The quantitative estimate of drug-likeness (QED) is 0.359. The Labute approximate surface area is 220 Å². The predicted octanol–water partition coefficient (Wildman–Crippen LogP) is 4.97. The Bertz CT molecular complexity index is 1450. The molecule has 1 atom stereocenters. The van der Waals surface area contributed by atoms with Crippen LogP contribution in [0, 0.1) is 12.8 Å². The lowest BCUT2D eigenvalue weighted by molar-refractivity contribution is -0.134. The smallest absolute Gasteiger partial charge is 0.273 e. The van der Waals surface area contributed by atoms with E-state index in [1.54, 1.807) is 18.4 Å². The van der Waals surface area contributed by atoms with Crippen molar-refractivity contribution in [3.8, 4) is 5.75 Å². The molecule has 1 aliphatic carbocycles. The van der Waals surface area contributed by atoms with E-state index in [0.717, 1.165) is 36.0 Å². The van der Waals surface area contributed by atoms with Gasteiger partial charge in [-0.25, -0.2) is 4.98 Å². The molecule has 1 saturated carbocycles. The third-order valence-corrected chi connectivity index (χ3v) is 7.06. The van der Waals surface area contributed by atoms with E-state index in [1.807, 2.05) is 23.1 Å². The van der Waals surface area contributed by atoms with Crippen molar-refractivity contribution in [1.82, 2.24) is 15.2 Å². The molecule has 0 bridgehead atoms. The number of carbonyl (C=O) groups excluding carboxylic acids is 2. The Hall–Kier alpha value is -4.33. The van der Waals surface area contributed by atoms with Crippen LogP contribution < -0.4 is 10.1 Å². The van der Waals surface area contributed by atoms with Crippen molar-refractivity contribution in [2.45, 2.75) is 45.4 Å². The second-order valence-electron chi connectivity index (χ2n) is 9.91. The van der Waals surface area contributed by atoms with Gasteiger partial charge in [-0.15, -0.1) is 0 Å². The lowest BCUT2D eigenvalue weighted by Gasteiger charge is -2.38. The fourth-order valence-corrected chi connectivity index (χ4v) is 4.98. The maximum absolute atomic E-state index is 13.2. The molecule has 1 N–H and O–H groups in total. The summed E-state index contributed by atoms with van der Waals surface area (Å²) >= 11 is 0. The maximum atomic E-state index is 13.2. The highest BCUT2D eigenvalue weighted by Crippen LogP contribution is 2.41. The van der Waals surface area contributed by atoms with Crippen molar-refractivity contribution in [3.05, 3.63) is 107 Å². The van der Waals surface area contributed by atoms with E-state index in [4.69, 9.17) is 13.6 Å². The van der Waals surface area contributed by atoms with Crippen LogP contribution in [0.2, 0.25) is 0 Å². The molecule has 6 rings (SSSR count). The van der Waals surface area contributed by atoms with Crippen LogP contribution in [0.25, 0.3) is 0 Å². The van der Waals surface area contributed by atoms with Crippen LogP contribution in [0.5, 0.6) is 5.75 Å². The summed E-state index contributed by atoms with van der Waals surface area (Å²) in [6.07, 6.45) is 5.64.